The van der Waals surface area contributed by atoms with Gasteiger partial charge in [0.25, 0.3) is 5.82 Å². The van der Waals surface area contributed by atoms with Gasteiger partial charge >= 0.3 is 5.97 Å². The van der Waals surface area contributed by atoms with E-state index in [-0.39, 0.29) is 12.1 Å². The molecule has 29 heavy (non-hydrogen) atoms. The Morgan fingerprint density at radius 2 is 2.03 bits per heavy atom. The lowest BCUT2D eigenvalue weighted by atomic mass is 9.75. The molecular formula is C24H32ClN2O2+. The van der Waals surface area contributed by atoms with E-state index in [2.05, 4.69) is 36.1 Å². The fourth-order valence-corrected chi connectivity index (χ4v) is 5.22. The highest BCUT2D eigenvalue weighted by Gasteiger charge is 2.35. The maximum atomic E-state index is 12.9. The summed E-state index contributed by atoms with van der Waals surface area (Å²) in [7, 11) is 0. The van der Waals surface area contributed by atoms with Crippen molar-refractivity contribution in [3.05, 3.63) is 41.3 Å². The Morgan fingerprint density at radius 3 is 2.76 bits per heavy atom. The van der Waals surface area contributed by atoms with E-state index in [1.807, 2.05) is 24.3 Å². The molecule has 1 aromatic heterocycles. The lowest BCUT2D eigenvalue weighted by Crippen LogP contribution is -2.43. The molecule has 2 aliphatic rings. The molecule has 5 heteroatoms. The number of imidazole rings is 1. The largest absolute Gasteiger partial charge is 0.459 e. The van der Waals surface area contributed by atoms with Crippen molar-refractivity contribution < 1.29 is 14.1 Å². The molecule has 1 aromatic carbocycles. The number of aromatic nitrogens is 2. The SMILES string of the molecule is CC(C)[C@H]1CC[C@H](C)C[C@@H]1OC(=O)C[n+]1cc(-c2ccc(Cl)cc2)n2c1CCC2. The summed E-state index contributed by atoms with van der Waals surface area (Å²) in [6, 6.07) is 7.92. The van der Waals surface area contributed by atoms with Crippen molar-refractivity contribution in [2.45, 2.75) is 72.1 Å². The van der Waals surface area contributed by atoms with Crippen molar-refractivity contribution in [2.75, 3.05) is 0 Å². The van der Waals surface area contributed by atoms with Crippen LogP contribution in [0.3, 0.4) is 0 Å². The first-order valence-corrected chi connectivity index (χ1v) is 11.4. The van der Waals surface area contributed by atoms with Gasteiger partial charge in [0.1, 0.15) is 12.3 Å². The maximum Gasteiger partial charge on any atom is 0.348 e. The van der Waals surface area contributed by atoms with Crippen molar-refractivity contribution in [3.63, 3.8) is 0 Å². The molecule has 0 unspecified atom stereocenters. The monoisotopic (exact) mass is 415 g/mol. The van der Waals surface area contributed by atoms with Crippen molar-refractivity contribution in [1.29, 1.82) is 0 Å². The number of rotatable bonds is 5. The Hall–Kier alpha value is -1.81. The molecule has 0 amide bonds. The third kappa shape index (κ3) is 4.37. The predicted octanol–water partition coefficient (Wildman–Crippen LogP) is 5.05. The van der Waals surface area contributed by atoms with E-state index < -0.39 is 0 Å². The Balaban J connectivity index is 1.51. The van der Waals surface area contributed by atoms with Crippen LogP contribution < -0.4 is 4.57 Å². The van der Waals surface area contributed by atoms with Crippen molar-refractivity contribution in [3.8, 4) is 11.3 Å². The molecular weight excluding hydrogens is 384 g/mol. The fourth-order valence-electron chi connectivity index (χ4n) is 5.09. The van der Waals surface area contributed by atoms with Crippen LogP contribution in [-0.4, -0.2) is 16.6 Å². The van der Waals surface area contributed by atoms with E-state index in [4.69, 9.17) is 16.3 Å². The van der Waals surface area contributed by atoms with E-state index in [0.29, 0.717) is 24.3 Å². The zero-order valence-corrected chi connectivity index (χ0v) is 18.5. The quantitative estimate of drug-likeness (QED) is 0.506. The molecule has 2 heterocycles. The average molecular weight is 416 g/mol. The second-order valence-electron chi connectivity index (χ2n) is 9.17. The second-order valence-corrected chi connectivity index (χ2v) is 9.61. The lowest BCUT2D eigenvalue weighted by Gasteiger charge is -2.36. The Labute approximate surface area is 178 Å². The normalized spacial score (nSPS) is 24.0. The van der Waals surface area contributed by atoms with Gasteiger partial charge in [-0.2, -0.15) is 0 Å². The van der Waals surface area contributed by atoms with Crippen molar-refractivity contribution in [2.24, 2.45) is 17.8 Å². The number of esters is 1. The predicted molar refractivity (Wildman–Crippen MR) is 115 cm³/mol. The molecule has 2 aromatic rings. The first-order chi connectivity index (χ1) is 13.9. The van der Waals surface area contributed by atoms with Gasteiger partial charge in [-0.1, -0.05) is 38.8 Å². The number of nitrogens with zero attached hydrogens (tertiary/aromatic N) is 2. The van der Waals surface area contributed by atoms with E-state index in [1.54, 1.807) is 0 Å². The summed E-state index contributed by atoms with van der Waals surface area (Å²) in [5, 5.41) is 0.736. The number of ether oxygens (including phenoxy) is 1. The smallest absolute Gasteiger partial charge is 0.348 e. The number of hydrogen-bond donors (Lipinski definition) is 0. The number of hydrogen-bond acceptors (Lipinski definition) is 2. The van der Waals surface area contributed by atoms with E-state index in [0.717, 1.165) is 48.5 Å². The summed E-state index contributed by atoms with van der Waals surface area (Å²) < 4.78 is 10.5. The van der Waals surface area contributed by atoms with Crippen molar-refractivity contribution in [1.82, 2.24) is 4.57 Å². The summed E-state index contributed by atoms with van der Waals surface area (Å²) >= 11 is 6.05. The van der Waals surface area contributed by atoms with Gasteiger partial charge in [0.2, 0.25) is 0 Å². The van der Waals surface area contributed by atoms with Crippen LogP contribution in [0.5, 0.6) is 0 Å². The lowest BCUT2D eigenvalue weighted by molar-refractivity contribution is -0.692. The molecule has 0 radical (unpaired) electrons. The van der Waals surface area contributed by atoms with Crippen molar-refractivity contribution >= 4 is 17.6 Å². The van der Waals surface area contributed by atoms with Gasteiger partial charge < -0.3 is 4.74 Å². The van der Waals surface area contributed by atoms with Gasteiger partial charge in [-0.3, -0.25) is 0 Å². The van der Waals surface area contributed by atoms with Crippen LogP contribution in [0.1, 0.15) is 52.3 Å². The van der Waals surface area contributed by atoms with Gasteiger partial charge in [-0.25, -0.2) is 13.9 Å². The zero-order chi connectivity index (χ0) is 20.5. The second kappa shape index (κ2) is 8.51. The summed E-state index contributed by atoms with van der Waals surface area (Å²) in [4.78, 5) is 12.9. The summed E-state index contributed by atoms with van der Waals surface area (Å²) in [6.07, 6.45) is 7.65. The molecule has 4 nitrogen and oxygen atoms in total. The van der Waals surface area contributed by atoms with Crippen LogP contribution >= 0.6 is 11.6 Å². The van der Waals surface area contributed by atoms with Crippen LogP contribution in [0.15, 0.2) is 30.5 Å². The van der Waals surface area contributed by atoms with Gasteiger partial charge in [0.05, 0.1) is 13.0 Å². The molecule has 1 fully saturated rings. The molecule has 156 valence electrons. The minimum absolute atomic E-state index is 0.0539. The highest BCUT2D eigenvalue weighted by molar-refractivity contribution is 6.30. The standard InChI is InChI=1S/C24H32ClN2O2/c1-16(2)20-11-6-17(3)13-22(20)29-24(28)15-26-14-21(27-12-4-5-23(26)27)18-7-9-19(25)10-8-18/h7-10,14,16-17,20,22H,4-6,11-13,15H2,1-3H3/q+1/t17-,20+,22-/m0/s1. The minimum Gasteiger partial charge on any atom is -0.459 e. The average Bonchev–Trinajstić information content (AvgIpc) is 3.26. The molecule has 1 aliphatic carbocycles. The van der Waals surface area contributed by atoms with E-state index >= 15 is 0 Å². The van der Waals surface area contributed by atoms with Gasteiger partial charge in [-0.15, -0.1) is 0 Å². The highest BCUT2D eigenvalue weighted by Crippen LogP contribution is 2.35. The molecule has 0 bridgehead atoms. The van der Waals surface area contributed by atoms with Crippen LogP contribution in [0.2, 0.25) is 5.02 Å². The van der Waals surface area contributed by atoms with Crippen LogP contribution in [0.25, 0.3) is 11.3 Å². The molecule has 0 saturated heterocycles. The molecule has 3 atom stereocenters. The van der Waals surface area contributed by atoms with Gasteiger partial charge in [-0.05, 0) is 61.3 Å². The van der Waals surface area contributed by atoms with Crippen LogP contribution in [0, 0.1) is 17.8 Å². The zero-order valence-electron chi connectivity index (χ0n) is 17.7. The van der Waals surface area contributed by atoms with Gasteiger partial charge in [0, 0.05) is 10.6 Å². The third-order valence-corrected chi connectivity index (χ3v) is 6.93. The molecule has 4 rings (SSSR count). The maximum absolute atomic E-state index is 12.9. The first-order valence-electron chi connectivity index (χ1n) is 11.0. The van der Waals surface area contributed by atoms with Gasteiger partial charge in [0.15, 0.2) is 12.2 Å². The molecule has 1 aliphatic heterocycles. The van der Waals surface area contributed by atoms with Crippen LogP contribution in [0.4, 0.5) is 0 Å². The summed E-state index contributed by atoms with van der Waals surface area (Å²) in [5.41, 5.74) is 2.28. The Bertz CT molecular complexity index is 872. The molecule has 1 saturated carbocycles. The number of carbonyl (C=O) groups excluding carboxylic acids is 1. The Morgan fingerprint density at radius 1 is 1.28 bits per heavy atom. The topological polar surface area (TPSA) is 35.1 Å². The Kier molecular flexibility index (Phi) is 6.00. The summed E-state index contributed by atoms with van der Waals surface area (Å²) in [5.74, 6) is 2.76. The summed E-state index contributed by atoms with van der Waals surface area (Å²) in [6.45, 7) is 8.04. The number of halogens is 1. The fraction of sp³-hybridized carbons (Fsp3) is 0.583. The third-order valence-electron chi connectivity index (χ3n) is 6.68. The van der Waals surface area contributed by atoms with Crippen LogP contribution in [-0.2, 0) is 29.0 Å². The molecule has 0 N–H and O–H groups in total. The van der Waals surface area contributed by atoms with E-state index in [1.165, 1.54) is 12.2 Å². The number of benzene rings is 1. The van der Waals surface area contributed by atoms with E-state index in [9.17, 15) is 4.79 Å². The molecule has 0 spiro atoms. The highest BCUT2D eigenvalue weighted by atomic mass is 35.5. The minimum atomic E-state index is -0.109. The first kappa shape index (κ1) is 20.5. The number of fused-ring (bicyclic) bond motifs is 1. The number of carbonyl (C=O) groups is 1.